The summed E-state index contributed by atoms with van der Waals surface area (Å²) in [6, 6.07) is 22.6. The zero-order valence-electron chi connectivity index (χ0n) is 15.4. The Bertz CT molecular complexity index is 1170. The van der Waals surface area contributed by atoms with Crippen molar-refractivity contribution in [3.63, 3.8) is 0 Å². The summed E-state index contributed by atoms with van der Waals surface area (Å²) in [5.41, 5.74) is 3.08. The van der Waals surface area contributed by atoms with Gasteiger partial charge in [0.25, 0.3) is 5.91 Å². The first kappa shape index (κ1) is 19.4. The van der Waals surface area contributed by atoms with Gasteiger partial charge in [-0.2, -0.15) is 0 Å². The summed E-state index contributed by atoms with van der Waals surface area (Å²) < 4.78 is 2.63. The molecule has 0 spiro atoms. The molecule has 0 radical (unpaired) electrons. The maximum absolute atomic E-state index is 12.9. The molecule has 4 rings (SSSR count). The molecule has 1 amide bonds. The predicted octanol–water partition coefficient (Wildman–Crippen LogP) is 5.91. The number of hydrogen-bond donors (Lipinski definition) is 1. The number of aromatic nitrogens is 3. The topological polar surface area (TPSA) is 59.8 Å². The number of halogens is 2. The minimum absolute atomic E-state index is 0.0751. The molecule has 0 saturated heterocycles. The molecule has 1 heterocycles. The third-order valence-electron chi connectivity index (χ3n) is 4.43. The van der Waals surface area contributed by atoms with Gasteiger partial charge in [-0.1, -0.05) is 63.9 Å². The van der Waals surface area contributed by atoms with Gasteiger partial charge < -0.3 is 5.32 Å². The van der Waals surface area contributed by atoms with Gasteiger partial charge >= 0.3 is 0 Å². The van der Waals surface area contributed by atoms with Crippen LogP contribution in [-0.4, -0.2) is 20.7 Å². The van der Waals surface area contributed by atoms with E-state index in [0.717, 1.165) is 21.3 Å². The molecular formula is C22H16BrClN4O. The first-order chi connectivity index (χ1) is 14.0. The second-order valence-electron chi connectivity index (χ2n) is 6.38. The van der Waals surface area contributed by atoms with E-state index in [0.29, 0.717) is 16.5 Å². The molecule has 0 fully saturated rings. The number of rotatable bonds is 4. The number of carbonyl (C=O) groups is 1. The van der Waals surface area contributed by atoms with Crippen molar-refractivity contribution in [2.75, 3.05) is 5.32 Å². The molecule has 0 saturated carbocycles. The number of amides is 1. The summed E-state index contributed by atoms with van der Waals surface area (Å²) in [4.78, 5) is 17.4. The Morgan fingerprint density at radius 2 is 1.72 bits per heavy atom. The standard InChI is InChI=1S/C22H16BrClN4O/c1-14-18(24)8-5-9-19(14)25-22(29)20-26-21(15-10-12-16(23)13-11-15)28(27-20)17-6-3-2-4-7-17/h2-13H,1H3,(H,25,29). The van der Waals surface area contributed by atoms with Crippen LogP contribution in [0.4, 0.5) is 5.69 Å². The van der Waals surface area contributed by atoms with Crippen molar-refractivity contribution < 1.29 is 4.79 Å². The first-order valence-electron chi connectivity index (χ1n) is 8.88. The average molecular weight is 468 g/mol. The van der Waals surface area contributed by atoms with Crippen LogP contribution in [0.15, 0.2) is 77.3 Å². The van der Waals surface area contributed by atoms with E-state index in [1.165, 1.54) is 0 Å². The van der Waals surface area contributed by atoms with Gasteiger partial charge in [0, 0.05) is 20.7 Å². The largest absolute Gasteiger partial charge is 0.319 e. The molecular weight excluding hydrogens is 452 g/mol. The van der Waals surface area contributed by atoms with Crippen molar-refractivity contribution in [3.8, 4) is 17.1 Å². The van der Waals surface area contributed by atoms with Crippen LogP contribution < -0.4 is 5.32 Å². The zero-order valence-corrected chi connectivity index (χ0v) is 17.8. The summed E-state index contributed by atoms with van der Waals surface area (Å²) in [6.45, 7) is 1.85. The van der Waals surface area contributed by atoms with Gasteiger partial charge in [-0.25, -0.2) is 9.67 Å². The maximum atomic E-state index is 12.9. The van der Waals surface area contributed by atoms with E-state index in [2.05, 4.69) is 31.3 Å². The SMILES string of the molecule is Cc1c(Cl)cccc1NC(=O)c1nc(-c2ccc(Br)cc2)n(-c2ccccc2)n1. The van der Waals surface area contributed by atoms with Gasteiger partial charge in [-0.15, -0.1) is 5.10 Å². The molecule has 0 bridgehead atoms. The van der Waals surface area contributed by atoms with E-state index < -0.39 is 5.91 Å². The number of benzene rings is 3. The fraction of sp³-hybridized carbons (Fsp3) is 0.0455. The lowest BCUT2D eigenvalue weighted by Gasteiger charge is -2.07. The first-order valence-corrected chi connectivity index (χ1v) is 10.0. The minimum atomic E-state index is -0.400. The van der Waals surface area contributed by atoms with Crippen LogP contribution in [0.1, 0.15) is 16.2 Å². The summed E-state index contributed by atoms with van der Waals surface area (Å²) in [5, 5.41) is 7.91. The highest BCUT2D eigenvalue weighted by molar-refractivity contribution is 9.10. The Morgan fingerprint density at radius 1 is 1.00 bits per heavy atom. The second kappa shape index (κ2) is 8.19. The van der Waals surface area contributed by atoms with E-state index in [-0.39, 0.29) is 5.82 Å². The number of para-hydroxylation sites is 1. The van der Waals surface area contributed by atoms with Gasteiger partial charge in [-0.3, -0.25) is 4.79 Å². The third kappa shape index (κ3) is 4.09. The van der Waals surface area contributed by atoms with Crippen LogP contribution in [-0.2, 0) is 0 Å². The predicted molar refractivity (Wildman–Crippen MR) is 119 cm³/mol. The fourth-order valence-electron chi connectivity index (χ4n) is 2.86. The normalized spacial score (nSPS) is 10.7. The molecule has 3 aromatic carbocycles. The summed E-state index contributed by atoms with van der Waals surface area (Å²) in [5.74, 6) is 0.256. The molecule has 0 unspecified atom stereocenters. The Kier molecular flexibility index (Phi) is 5.47. The van der Waals surface area contributed by atoms with E-state index in [4.69, 9.17) is 11.6 Å². The highest BCUT2D eigenvalue weighted by Gasteiger charge is 2.19. The Hall–Kier alpha value is -2.96. The third-order valence-corrected chi connectivity index (χ3v) is 5.37. The number of anilines is 1. The molecule has 0 atom stereocenters. The van der Waals surface area contributed by atoms with Gasteiger partial charge in [0.1, 0.15) is 0 Å². The average Bonchev–Trinajstić information content (AvgIpc) is 3.18. The van der Waals surface area contributed by atoms with E-state index >= 15 is 0 Å². The van der Waals surface area contributed by atoms with E-state index in [9.17, 15) is 4.79 Å². The van der Waals surface area contributed by atoms with Crippen molar-refractivity contribution in [2.45, 2.75) is 6.92 Å². The molecule has 0 aliphatic heterocycles. The van der Waals surface area contributed by atoms with Crippen LogP contribution >= 0.6 is 27.5 Å². The van der Waals surface area contributed by atoms with E-state index in [1.54, 1.807) is 22.9 Å². The number of nitrogens with one attached hydrogen (secondary N) is 1. The molecule has 7 heteroatoms. The van der Waals surface area contributed by atoms with Crippen molar-refractivity contribution in [2.24, 2.45) is 0 Å². The van der Waals surface area contributed by atoms with Crippen LogP contribution in [0.25, 0.3) is 17.1 Å². The molecule has 29 heavy (non-hydrogen) atoms. The van der Waals surface area contributed by atoms with Crippen LogP contribution in [0, 0.1) is 6.92 Å². The van der Waals surface area contributed by atoms with Crippen molar-refractivity contribution in [1.82, 2.24) is 14.8 Å². The maximum Gasteiger partial charge on any atom is 0.295 e. The summed E-state index contributed by atoms with van der Waals surface area (Å²) >= 11 is 9.60. The summed E-state index contributed by atoms with van der Waals surface area (Å²) in [6.07, 6.45) is 0. The Labute approximate surface area is 181 Å². The van der Waals surface area contributed by atoms with Gasteiger partial charge in [-0.05, 0) is 48.9 Å². The molecule has 144 valence electrons. The van der Waals surface area contributed by atoms with Crippen molar-refractivity contribution >= 4 is 39.1 Å². The molecule has 0 aliphatic rings. The lowest BCUT2D eigenvalue weighted by atomic mass is 10.2. The van der Waals surface area contributed by atoms with E-state index in [1.807, 2.05) is 61.5 Å². The number of carbonyl (C=O) groups excluding carboxylic acids is 1. The van der Waals surface area contributed by atoms with Gasteiger partial charge in [0.2, 0.25) is 5.82 Å². The molecule has 1 aromatic heterocycles. The number of hydrogen-bond acceptors (Lipinski definition) is 3. The van der Waals surface area contributed by atoms with Gasteiger partial charge in [0.05, 0.1) is 5.69 Å². The molecule has 0 aliphatic carbocycles. The molecule has 1 N–H and O–H groups in total. The second-order valence-corrected chi connectivity index (χ2v) is 7.70. The smallest absolute Gasteiger partial charge is 0.295 e. The van der Waals surface area contributed by atoms with Gasteiger partial charge in [0.15, 0.2) is 5.82 Å². The molecule has 5 nitrogen and oxygen atoms in total. The minimum Gasteiger partial charge on any atom is -0.319 e. The number of nitrogens with zero attached hydrogens (tertiary/aromatic N) is 3. The Balaban J connectivity index is 1.75. The quantitative estimate of drug-likeness (QED) is 0.406. The molecule has 4 aromatic rings. The monoisotopic (exact) mass is 466 g/mol. The van der Waals surface area contributed by atoms with Crippen molar-refractivity contribution in [1.29, 1.82) is 0 Å². The van der Waals surface area contributed by atoms with Crippen molar-refractivity contribution in [3.05, 3.63) is 93.7 Å². The highest BCUT2D eigenvalue weighted by Crippen LogP contribution is 2.25. The van der Waals surface area contributed by atoms with Crippen LogP contribution in [0.5, 0.6) is 0 Å². The fourth-order valence-corrected chi connectivity index (χ4v) is 3.30. The summed E-state index contributed by atoms with van der Waals surface area (Å²) in [7, 11) is 0. The van der Waals surface area contributed by atoms with Crippen LogP contribution in [0.2, 0.25) is 5.02 Å². The van der Waals surface area contributed by atoms with Crippen LogP contribution in [0.3, 0.4) is 0 Å². The zero-order chi connectivity index (χ0) is 20.4. The highest BCUT2D eigenvalue weighted by atomic mass is 79.9. The lowest BCUT2D eigenvalue weighted by Crippen LogP contribution is -2.15. The lowest BCUT2D eigenvalue weighted by molar-refractivity contribution is 0.101. The Morgan fingerprint density at radius 3 is 2.45 bits per heavy atom.